The van der Waals surface area contributed by atoms with Crippen molar-refractivity contribution in [1.29, 1.82) is 5.26 Å². The molecular formula is C28H29FN6O. The first-order chi connectivity index (χ1) is 17.3. The number of nitrogens with one attached hydrogen (secondary N) is 1. The lowest BCUT2D eigenvalue weighted by atomic mass is 9.78. The number of aromatic nitrogens is 3. The van der Waals surface area contributed by atoms with Gasteiger partial charge in [-0.25, -0.2) is 9.37 Å². The first-order valence-electron chi connectivity index (χ1n) is 12.3. The topological polar surface area (TPSA) is 94.8 Å². The van der Waals surface area contributed by atoms with Crippen LogP contribution in [0.1, 0.15) is 53.6 Å². The Balaban J connectivity index is 1.33. The molecule has 1 saturated heterocycles. The second-order valence-corrected chi connectivity index (χ2v) is 10.0. The minimum Gasteiger partial charge on any atom is -0.367 e. The molecule has 1 aromatic carbocycles. The third-order valence-corrected chi connectivity index (χ3v) is 7.52. The lowest BCUT2D eigenvalue weighted by Gasteiger charge is -2.32. The molecular weight excluding hydrogens is 455 g/mol. The van der Waals surface area contributed by atoms with Gasteiger partial charge < -0.3 is 10.2 Å². The molecule has 1 aliphatic heterocycles. The molecule has 36 heavy (non-hydrogen) atoms. The van der Waals surface area contributed by atoms with Gasteiger partial charge in [0.1, 0.15) is 11.5 Å². The van der Waals surface area contributed by atoms with E-state index in [1.165, 1.54) is 12.1 Å². The molecule has 3 heterocycles. The number of hydrogen-bond donors (Lipinski definition) is 1. The number of rotatable bonds is 6. The standard InChI is InChI=1S/C28H29FN6O/c1-17-9-25(35-7-6-28(16-30,19(35)3)23-4-5-23)13-26(33-17)27(36)31-14-20-10-21(12-24(29)11-20)22-8-18(2)34-32-15-22/h8-13,15,19,23H,4-7,14H2,1-3H3,(H,31,36)/t19?,28-/m0/s1. The minimum absolute atomic E-state index is 0.0738. The maximum absolute atomic E-state index is 14.3. The highest BCUT2D eigenvalue weighted by atomic mass is 19.1. The van der Waals surface area contributed by atoms with Crippen LogP contribution in [0.4, 0.5) is 10.1 Å². The molecule has 1 saturated carbocycles. The molecule has 2 atom stereocenters. The van der Waals surface area contributed by atoms with E-state index in [4.69, 9.17) is 0 Å². The average molecular weight is 485 g/mol. The van der Waals surface area contributed by atoms with Gasteiger partial charge in [-0.3, -0.25) is 4.79 Å². The lowest BCUT2D eigenvalue weighted by molar-refractivity contribution is 0.0945. The number of hydrogen-bond acceptors (Lipinski definition) is 6. The Bertz CT molecular complexity index is 1360. The van der Waals surface area contributed by atoms with Gasteiger partial charge >= 0.3 is 0 Å². The second-order valence-electron chi connectivity index (χ2n) is 10.0. The van der Waals surface area contributed by atoms with E-state index in [1.807, 2.05) is 32.0 Å². The van der Waals surface area contributed by atoms with Crippen molar-refractivity contribution < 1.29 is 9.18 Å². The van der Waals surface area contributed by atoms with E-state index in [1.54, 1.807) is 12.3 Å². The SMILES string of the molecule is Cc1cc(-c2cc(F)cc(CNC(=O)c3cc(N4CC[C@@](C#N)(C5CC5)C4C)cc(C)n3)c2)cnn1. The van der Waals surface area contributed by atoms with E-state index in [0.29, 0.717) is 22.7 Å². The Morgan fingerprint density at radius 2 is 1.97 bits per heavy atom. The number of aryl methyl sites for hydroxylation is 2. The molecule has 2 aromatic heterocycles. The molecule has 1 N–H and O–H groups in total. The monoisotopic (exact) mass is 484 g/mol. The number of amides is 1. The van der Waals surface area contributed by atoms with Gasteiger partial charge in [-0.05, 0) is 93.5 Å². The number of carbonyl (C=O) groups excluding carboxylic acids is 1. The summed E-state index contributed by atoms with van der Waals surface area (Å²) < 4.78 is 14.3. The molecule has 1 amide bonds. The lowest BCUT2D eigenvalue weighted by Crippen LogP contribution is -2.38. The summed E-state index contributed by atoms with van der Waals surface area (Å²) in [5, 5.41) is 20.7. The number of anilines is 1. The zero-order valence-electron chi connectivity index (χ0n) is 20.8. The smallest absolute Gasteiger partial charge is 0.270 e. The summed E-state index contributed by atoms with van der Waals surface area (Å²) in [6, 6.07) is 13.0. The van der Waals surface area contributed by atoms with Crippen LogP contribution in [0, 0.1) is 42.3 Å². The molecule has 2 aliphatic rings. The summed E-state index contributed by atoms with van der Waals surface area (Å²) in [4.78, 5) is 19.7. The summed E-state index contributed by atoms with van der Waals surface area (Å²) >= 11 is 0. The van der Waals surface area contributed by atoms with Crippen molar-refractivity contribution in [2.75, 3.05) is 11.4 Å². The molecule has 7 nitrogen and oxygen atoms in total. The molecule has 184 valence electrons. The molecule has 1 aliphatic carbocycles. The Hall–Kier alpha value is -3.86. The zero-order chi connectivity index (χ0) is 25.4. The highest BCUT2D eigenvalue weighted by Crippen LogP contribution is 2.54. The van der Waals surface area contributed by atoms with Crippen LogP contribution in [-0.2, 0) is 6.54 Å². The van der Waals surface area contributed by atoms with Crippen LogP contribution in [0.25, 0.3) is 11.1 Å². The molecule has 5 rings (SSSR count). The first kappa shape index (κ1) is 23.9. The van der Waals surface area contributed by atoms with Gasteiger partial charge in [-0.1, -0.05) is 0 Å². The van der Waals surface area contributed by atoms with Crippen molar-refractivity contribution >= 4 is 11.6 Å². The van der Waals surface area contributed by atoms with Crippen molar-refractivity contribution in [2.45, 2.75) is 52.6 Å². The molecule has 0 bridgehead atoms. The van der Waals surface area contributed by atoms with E-state index < -0.39 is 0 Å². The quantitative estimate of drug-likeness (QED) is 0.543. The Morgan fingerprint density at radius 1 is 1.17 bits per heavy atom. The fourth-order valence-electron chi connectivity index (χ4n) is 5.48. The highest BCUT2D eigenvalue weighted by Gasteiger charge is 2.54. The zero-order valence-corrected chi connectivity index (χ0v) is 20.8. The summed E-state index contributed by atoms with van der Waals surface area (Å²) in [6.45, 7) is 6.75. The number of benzene rings is 1. The summed E-state index contributed by atoms with van der Waals surface area (Å²) in [5.41, 5.74) is 4.44. The van der Waals surface area contributed by atoms with Gasteiger partial charge in [0.05, 0.1) is 23.4 Å². The second kappa shape index (κ2) is 9.30. The van der Waals surface area contributed by atoms with E-state index >= 15 is 0 Å². The molecule has 0 radical (unpaired) electrons. The fraction of sp³-hybridized carbons (Fsp3) is 0.393. The van der Waals surface area contributed by atoms with Crippen LogP contribution < -0.4 is 10.2 Å². The van der Waals surface area contributed by atoms with Crippen molar-refractivity contribution in [3.05, 3.63) is 71.1 Å². The van der Waals surface area contributed by atoms with E-state index in [0.717, 1.165) is 48.4 Å². The van der Waals surface area contributed by atoms with Crippen LogP contribution in [0.5, 0.6) is 0 Å². The number of pyridine rings is 1. The van der Waals surface area contributed by atoms with Gasteiger partial charge in [0.15, 0.2) is 0 Å². The number of nitrogens with zero attached hydrogens (tertiary/aromatic N) is 5. The number of nitriles is 1. The van der Waals surface area contributed by atoms with Crippen LogP contribution in [0.3, 0.4) is 0 Å². The summed E-state index contributed by atoms with van der Waals surface area (Å²) in [5.74, 6) is -0.245. The van der Waals surface area contributed by atoms with Gasteiger partial charge in [0.2, 0.25) is 0 Å². The van der Waals surface area contributed by atoms with Crippen LogP contribution >= 0.6 is 0 Å². The molecule has 1 unspecified atom stereocenters. The molecule has 2 fully saturated rings. The third kappa shape index (κ3) is 4.53. The van der Waals surface area contributed by atoms with E-state index in [2.05, 4.69) is 38.4 Å². The number of carbonyl (C=O) groups is 1. The van der Waals surface area contributed by atoms with Gasteiger partial charge in [0.25, 0.3) is 5.91 Å². The molecule has 3 aromatic rings. The van der Waals surface area contributed by atoms with Crippen LogP contribution in [0.15, 0.2) is 42.6 Å². The first-order valence-corrected chi connectivity index (χ1v) is 12.3. The molecule has 0 spiro atoms. The third-order valence-electron chi connectivity index (χ3n) is 7.52. The summed E-state index contributed by atoms with van der Waals surface area (Å²) in [7, 11) is 0. The number of halogens is 1. The van der Waals surface area contributed by atoms with Crippen molar-refractivity contribution in [1.82, 2.24) is 20.5 Å². The highest BCUT2D eigenvalue weighted by molar-refractivity contribution is 5.93. The Labute approximate surface area is 210 Å². The Kier molecular flexibility index (Phi) is 6.17. The molecule has 8 heteroatoms. The predicted octanol–water partition coefficient (Wildman–Crippen LogP) is 4.74. The average Bonchev–Trinajstić information content (AvgIpc) is 3.65. The maximum atomic E-state index is 14.3. The largest absolute Gasteiger partial charge is 0.367 e. The van der Waals surface area contributed by atoms with Gasteiger partial charge in [-0.2, -0.15) is 15.5 Å². The van der Waals surface area contributed by atoms with Crippen LogP contribution in [0.2, 0.25) is 0 Å². The van der Waals surface area contributed by atoms with Crippen molar-refractivity contribution in [2.24, 2.45) is 11.3 Å². The van der Waals surface area contributed by atoms with Gasteiger partial charge in [-0.15, -0.1) is 0 Å². The van der Waals surface area contributed by atoms with Crippen LogP contribution in [-0.4, -0.2) is 33.7 Å². The van der Waals surface area contributed by atoms with E-state index in [9.17, 15) is 14.4 Å². The van der Waals surface area contributed by atoms with Crippen molar-refractivity contribution in [3.63, 3.8) is 0 Å². The Morgan fingerprint density at radius 3 is 2.69 bits per heavy atom. The van der Waals surface area contributed by atoms with Gasteiger partial charge in [0, 0.05) is 36.1 Å². The van der Waals surface area contributed by atoms with E-state index in [-0.39, 0.29) is 29.7 Å². The normalized spacial score (nSPS) is 21.3. The maximum Gasteiger partial charge on any atom is 0.270 e. The predicted molar refractivity (Wildman–Crippen MR) is 135 cm³/mol. The minimum atomic E-state index is -0.387. The fourth-order valence-corrected chi connectivity index (χ4v) is 5.48. The summed E-state index contributed by atoms with van der Waals surface area (Å²) in [6.07, 6.45) is 4.67. The van der Waals surface area contributed by atoms with Crippen molar-refractivity contribution in [3.8, 4) is 17.2 Å².